The summed E-state index contributed by atoms with van der Waals surface area (Å²) in [5, 5.41) is 11.3. The normalized spacial score (nSPS) is 13.8. The third kappa shape index (κ3) is 12.2. The van der Waals surface area contributed by atoms with Crippen molar-refractivity contribution in [3.05, 3.63) is 0 Å². The third-order valence-electron chi connectivity index (χ3n) is 2.97. The molecule has 2 nitrogen and oxygen atoms in total. The molecule has 1 atom stereocenters. The molecule has 1 unspecified atom stereocenters. The monoisotopic (exact) mass is 269 g/mol. The first-order valence-corrected chi connectivity index (χ1v) is 6.90. The number of hydrogen-bond acceptors (Lipinski definition) is 2. The molecular weight excluding hydrogens is 243 g/mol. The number of unbranched alkanes of at least 4 members (excludes halogenated alkanes) is 6. The van der Waals surface area contributed by atoms with Crippen LogP contribution in [0.5, 0.6) is 0 Å². The van der Waals surface area contributed by atoms with Gasteiger partial charge in [0.1, 0.15) is 0 Å². The number of nitrogens with one attached hydrogen (secondary N) is 1. The first kappa shape index (κ1) is 17.7. The zero-order valence-electron chi connectivity index (χ0n) is 11.2. The minimum Gasteiger partial charge on any atom is -0.395 e. The van der Waals surface area contributed by atoms with E-state index < -0.39 is 18.8 Å². The van der Waals surface area contributed by atoms with Crippen LogP contribution in [-0.2, 0) is 0 Å². The molecule has 0 aliphatic heterocycles. The van der Waals surface area contributed by atoms with Gasteiger partial charge in [-0.05, 0) is 6.42 Å². The van der Waals surface area contributed by atoms with Crippen LogP contribution in [0.15, 0.2) is 0 Å². The van der Waals surface area contributed by atoms with Crippen LogP contribution in [0, 0.1) is 0 Å². The summed E-state index contributed by atoms with van der Waals surface area (Å²) in [6.07, 6.45) is 4.38. The molecule has 2 N–H and O–H groups in total. The molecule has 0 radical (unpaired) electrons. The van der Waals surface area contributed by atoms with Crippen molar-refractivity contribution in [1.29, 1.82) is 0 Å². The van der Waals surface area contributed by atoms with Crippen LogP contribution in [0.25, 0.3) is 0 Å². The van der Waals surface area contributed by atoms with Gasteiger partial charge in [-0.1, -0.05) is 51.9 Å². The highest BCUT2D eigenvalue weighted by Crippen LogP contribution is 2.14. The van der Waals surface area contributed by atoms with Gasteiger partial charge in [0.05, 0.1) is 13.2 Å². The molecule has 0 fully saturated rings. The van der Waals surface area contributed by atoms with Crippen molar-refractivity contribution >= 4 is 0 Å². The van der Waals surface area contributed by atoms with Crippen LogP contribution in [-0.4, -0.2) is 30.5 Å². The molecule has 0 saturated heterocycles. The molecule has 0 aromatic heterocycles. The van der Waals surface area contributed by atoms with Gasteiger partial charge in [0.15, 0.2) is 0 Å². The van der Waals surface area contributed by atoms with E-state index in [2.05, 4.69) is 12.2 Å². The minimum atomic E-state index is -4.20. The predicted octanol–water partition coefficient (Wildman–Crippen LogP) is 3.64. The van der Waals surface area contributed by atoms with Crippen molar-refractivity contribution in [3.8, 4) is 0 Å². The average Bonchev–Trinajstić information content (AvgIpc) is 2.30. The summed E-state index contributed by atoms with van der Waals surface area (Å²) >= 11 is 0. The molecule has 18 heavy (non-hydrogen) atoms. The summed E-state index contributed by atoms with van der Waals surface area (Å²) in [5.74, 6) is 0. The van der Waals surface area contributed by atoms with Crippen LogP contribution in [0.3, 0.4) is 0 Å². The smallest absolute Gasteiger partial charge is 0.395 e. The molecular formula is C13H26F3NO. The van der Waals surface area contributed by atoms with Gasteiger partial charge in [-0.3, -0.25) is 0 Å². The summed E-state index contributed by atoms with van der Waals surface area (Å²) < 4.78 is 35.9. The molecule has 110 valence electrons. The largest absolute Gasteiger partial charge is 0.401 e. The highest BCUT2D eigenvalue weighted by atomic mass is 19.4. The van der Waals surface area contributed by atoms with Crippen molar-refractivity contribution in [2.75, 3.05) is 13.2 Å². The maximum Gasteiger partial charge on any atom is 0.401 e. The summed E-state index contributed by atoms with van der Waals surface area (Å²) in [4.78, 5) is 0. The highest BCUT2D eigenvalue weighted by Gasteiger charge is 2.27. The van der Waals surface area contributed by atoms with Crippen LogP contribution >= 0.6 is 0 Å². The van der Waals surface area contributed by atoms with Crippen molar-refractivity contribution in [1.82, 2.24) is 5.32 Å². The molecule has 0 aliphatic carbocycles. The van der Waals surface area contributed by atoms with Gasteiger partial charge in [-0.2, -0.15) is 13.2 Å². The standard InChI is InChI=1S/C13H26F3NO/c1-2-3-4-5-6-7-8-9-12(10-18)17-11-13(14,15)16/h12,17-18H,2-11H2,1H3. The Labute approximate surface area is 108 Å². The fourth-order valence-corrected chi connectivity index (χ4v) is 1.87. The number of halogens is 3. The fourth-order valence-electron chi connectivity index (χ4n) is 1.87. The molecule has 5 heteroatoms. The van der Waals surface area contributed by atoms with Gasteiger partial charge in [0.25, 0.3) is 0 Å². The predicted molar refractivity (Wildman–Crippen MR) is 67.5 cm³/mol. The third-order valence-corrected chi connectivity index (χ3v) is 2.97. The van der Waals surface area contributed by atoms with Gasteiger partial charge in [-0.15, -0.1) is 0 Å². The van der Waals surface area contributed by atoms with Gasteiger partial charge >= 0.3 is 6.18 Å². The zero-order valence-corrected chi connectivity index (χ0v) is 11.2. The average molecular weight is 269 g/mol. The number of aliphatic hydroxyl groups is 1. The molecule has 0 rings (SSSR count). The number of aliphatic hydroxyl groups excluding tert-OH is 1. The first-order chi connectivity index (χ1) is 8.49. The van der Waals surface area contributed by atoms with Crippen LogP contribution in [0.4, 0.5) is 13.2 Å². The van der Waals surface area contributed by atoms with E-state index in [4.69, 9.17) is 5.11 Å². The molecule has 0 heterocycles. The Hall–Kier alpha value is -0.290. The molecule has 0 aromatic rings. The van der Waals surface area contributed by atoms with Crippen molar-refractivity contribution in [2.24, 2.45) is 0 Å². The van der Waals surface area contributed by atoms with E-state index in [0.717, 1.165) is 19.3 Å². The Balaban J connectivity index is 3.44. The van der Waals surface area contributed by atoms with Crippen LogP contribution < -0.4 is 5.32 Å². The lowest BCUT2D eigenvalue weighted by atomic mass is 10.1. The summed E-state index contributed by atoms with van der Waals surface area (Å²) in [6.45, 7) is 0.915. The maximum absolute atomic E-state index is 12.0. The molecule has 0 saturated carbocycles. The lowest BCUT2D eigenvalue weighted by Crippen LogP contribution is -2.39. The fraction of sp³-hybridized carbons (Fsp3) is 1.00. The van der Waals surface area contributed by atoms with Crippen LogP contribution in [0.1, 0.15) is 58.3 Å². The Morgan fingerprint density at radius 1 is 1.00 bits per heavy atom. The molecule has 0 aliphatic rings. The second-order valence-electron chi connectivity index (χ2n) is 4.79. The second-order valence-corrected chi connectivity index (χ2v) is 4.79. The second kappa shape index (κ2) is 10.6. The van der Waals surface area contributed by atoms with Crippen molar-refractivity contribution < 1.29 is 18.3 Å². The topological polar surface area (TPSA) is 32.3 Å². The van der Waals surface area contributed by atoms with Crippen molar-refractivity contribution in [2.45, 2.75) is 70.5 Å². The Bertz CT molecular complexity index is 186. The Morgan fingerprint density at radius 2 is 1.56 bits per heavy atom. The molecule has 0 spiro atoms. The summed E-state index contributed by atoms with van der Waals surface area (Å²) in [6, 6.07) is -0.428. The van der Waals surface area contributed by atoms with Gasteiger partial charge in [0, 0.05) is 6.04 Å². The van der Waals surface area contributed by atoms with Gasteiger partial charge in [0.2, 0.25) is 0 Å². The summed E-state index contributed by atoms with van der Waals surface area (Å²) in [5.41, 5.74) is 0. The molecule has 0 amide bonds. The lowest BCUT2D eigenvalue weighted by molar-refractivity contribution is -0.126. The van der Waals surface area contributed by atoms with E-state index in [0.29, 0.717) is 6.42 Å². The van der Waals surface area contributed by atoms with Crippen molar-refractivity contribution in [3.63, 3.8) is 0 Å². The van der Waals surface area contributed by atoms with E-state index in [1.165, 1.54) is 25.7 Å². The van der Waals surface area contributed by atoms with E-state index in [1.807, 2.05) is 0 Å². The molecule has 0 aromatic carbocycles. The number of alkyl halides is 3. The maximum atomic E-state index is 12.0. The number of hydrogen-bond donors (Lipinski definition) is 2. The highest BCUT2D eigenvalue weighted by molar-refractivity contribution is 4.68. The van der Waals surface area contributed by atoms with E-state index in [-0.39, 0.29) is 6.61 Å². The lowest BCUT2D eigenvalue weighted by Gasteiger charge is -2.17. The first-order valence-electron chi connectivity index (χ1n) is 6.90. The Kier molecular flexibility index (Phi) is 10.4. The van der Waals surface area contributed by atoms with E-state index >= 15 is 0 Å². The van der Waals surface area contributed by atoms with E-state index in [9.17, 15) is 13.2 Å². The summed E-state index contributed by atoms with van der Waals surface area (Å²) in [7, 11) is 0. The number of rotatable bonds is 11. The Morgan fingerprint density at radius 3 is 2.06 bits per heavy atom. The SMILES string of the molecule is CCCCCCCCCC(CO)NCC(F)(F)F. The van der Waals surface area contributed by atoms with E-state index in [1.54, 1.807) is 0 Å². The van der Waals surface area contributed by atoms with Gasteiger partial charge < -0.3 is 10.4 Å². The zero-order chi connectivity index (χ0) is 13.9. The molecule has 0 bridgehead atoms. The quantitative estimate of drug-likeness (QED) is 0.561. The minimum absolute atomic E-state index is 0.230. The van der Waals surface area contributed by atoms with Crippen LogP contribution in [0.2, 0.25) is 0 Å². The van der Waals surface area contributed by atoms with Gasteiger partial charge in [-0.25, -0.2) is 0 Å².